The first-order valence-corrected chi connectivity index (χ1v) is 5.66. The van der Waals surface area contributed by atoms with Gasteiger partial charge in [0.15, 0.2) is 0 Å². The topological polar surface area (TPSA) is 109 Å². The monoisotopic (exact) mass is 298 g/mol. The average Bonchev–Trinajstić information content (AvgIpc) is 2.39. The second-order valence-corrected chi connectivity index (χ2v) is 4.19. The minimum Gasteiger partial charge on any atom is -0.478 e. The van der Waals surface area contributed by atoms with E-state index in [9.17, 15) is 23.2 Å². The first kappa shape index (κ1) is 16.3. The third-order valence-electron chi connectivity index (χ3n) is 2.79. The molecule has 112 valence electrons. The van der Waals surface area contributed by atoms with Gasteiger partial charge < -0.3 is 16.2 Å². The molecule has 0 unspecified atom stereocenters. The van der Waals surface area contributed by atoms with Gasteiger partial charge in [0.2, 0.25) is 0 Å². The summed E-state index contributed by atoms with van der Waals surface area (Å²) >= 11 is 0. The summed E-state index contributed by atoms with van der Waals surface area (Å²) in [7, 11) is 0. The number of aliphatic carboxylic acids is 1. The van der Waals surface area contributed by atoms with Gasteiger partial charge in [0, 0.05) is 17.2 Å². The number of amides is 2. The lowest BCUT2D eigenvalue weighted by atomic mass is 10.1. The van der Waals surface area contributed by atoms with Crippen molar-refractivity contribution in [1.29, 1.82) is 0 Å². The molecule has 0 aliphatic rings. The summed E-state index contributed by atoms with van der Waals surface area (Å²) in [5.41, 5.74) is 3.45. The molecule has 0 saturated heterocycles. The van der Waals surface area contributed by atoms with Crippen LogP contribution in [0, 0.1) is 11.6 Å². The van der Waals surface area contributed by atoms with Gasteiger partial charge in [-0.3, -0.25) is 9.59 Å². The molecule has 0 fully saturated rings. The molecule has 0 radical (unpaired) electrons. The van der Waals surface area contributed by atoms with E-state index in [1.807, 2.05) is 0 Å². The molecule has 0 atom stereocenters. The normalized spacial score (nSPS) is 11.6. The van der Waals surface area contributed by atoms with Crippen LogP contribution in [0.15, 0.2) is 23.3 Å². The van der Waals surface area contributed by atoms with Crippen molar-refractivity contribution in [2.24, 2.45) is 5.73 Å². The molecule has 4 N–H and O–H groups in total. The molecular formula is C13H12F2N2O4. The number of hydrogen-bond acceptors (Lipinski definition) is 3. The number of rotatable bonds is 4. The number of anilines is 1. The van der Waals surface area contributed by atoms with Crippen LogP contribution in [0.2, 0.25) is 0 Å². The quantitative estimate of drug-likeness (QED) is 0.730. The number of carboxylic acid groups (broad SMARTS) is 1. The van der Waals surface area contributed by atoms with Crippen LogP contribution in [0.5, 0.6) is 0 Å². The van der Waals surface area contributed by atoms with Gasteiger partial charge in [-0.1, -0.05) is 0 Å². The van der Waals surface area contributed by atoms with Gasteiger partial charge in [0.05, 0.1) is 11.3 Å². The maximum absolute atomic E-state index is 13.5. The molecule has 8 heteroatoms. The van der Waals surface area contributed by atoms with Crippen molar-refractivity contribution in [2.75, 3.05) is 5.32 Å². The first-order chi connectivity index (χ1) is 9.65. The van der Waals surface area contributed by atoms with Gasteiger partial charge in [-0.2, -0.15) is 0 Å². The zero-order valence-electron chi connectivity index (χ0n) is 11.2. The zero-order valence-corrected chi connectivity index (χ0v) is 11.2. The Morgan fingerprint density at radius 2 is 1.67 bits per heavy atom. The fraction of sp³-hybridized carbons (Fsp3) is 0.154. The molecule has 1 aromatic carbocycles. The number of halogens is 2. The lowest BCUT2D eigenvalue weighted by Gasteiger charge is -2.09. The fourth-order valence-electron chi connectivity index (χ4n) is 1.38. The van der Waals surface area contributed by atoms with Gasteiger partial charge in [-0.05, 0) is 19.9 Å². The van der Waals surface area contributed by atoms with E-state index in [2.05, 4.69) is 5.32 Å². The summed E-state index contributed by atoms with van der Waals surface area (Å²) < 4.78 is 26.8. The summed E-state index contributed by atoms with van der Waals surface area (Å²) in [6, 6.07) is 1.15. The van der Waals surface area contributed by atoms with E-state index >= 15 is 0 Å². The highest BCUT2D eigenvalue weighted by molar-refractivity contribution is 6.08. The highest BCUT2D eigenvalue weighted by Gasteiger charge is 2.18. The molecular weight excluding hydrogens is 286 g/mol. The molecule has 2 amide bonds. The molecule has 0 aromatic heterocycles. The second-order valence-electron chi connectivity index (χ2n) is 4.19. The van der Waals surface area contributed by atoms with Crippen LogP contribution in [-0.4, -0.2) is 22.9 Å². The number of primary amides is 1. The van der Waals surface area contributed by atoms with Gasteiger partial charge in [-0.15, -0.1) is 0 Å². The number of carbonyl (C=O) groups is 3. The number of hydrogen-bond donors (Lipinski definition) is 3. The molecule has 0 heterocycles. The maximum Gasteiger partial charge on any atom is 0.331 e. The smallest absolute Gasteiger partial charge is 0.331 e. The standard InChI is InChI=1S/C13H12F2N2O4/c1-5(6(2)13(20)21)12(19)17-10-3-7(11(16)18)8(14)4-9(10)15/h3-4H,1-2H3,(H2,16,18)(H,17,19)(H,20,21). The Balaban J connectivity index is 3.17. The lowest BCUT2D eigenvalue weighted by Crippen LogP contribution is -2.19. The maximum atomic E-state index is 13.5. The third-order valence-corrected chi connectivity index (χ3v) is 2.79. The Labute approximate surface area is 118 Å². The van der Waals surface area contributed by atoms with Crippen molar-refractivity contribution in [3.63, 3.8) is 0 Å². The summed E-state index contributed by atoms with van der Waals surface area (Å²) in [4.78, 5) is 33.5. The van der Waals surface area contributed by atoms with Crippen LogP contribution in [-0.2, 0) is 9.59 Å². The van der Waals surface area contributed by atoms with Crippen LogP contribution in [0.3, 0.4) is 0 Å². The number of nitrogens with one attached hydrogen (secondary N) is 1. The van der Waals surface area contributed by atoms with E-state index in [0.29, 0.717) is 6.07 Å². The van der Waals surface area contributed by atoms with E-state index in [1.165, 1.54) is 13.8 Å². The van der Waals surface area contributed by atoms with E-state index < -0.39 is 40.7 Å². The van der Waals surface area contributed by atoms with Crippen LogP contribution in [0.25, 0.3) is 0 Å². The van der Waals surface area contributed by atoms with Crippen molar-refractivity contribution in [3.8, 4) is 0 Å². The predicted molar refractivity (Wildman–Crippen MR) is 69.5 cm³/mol. The fourth-order valence-corrected chi connectivity index (χ4v) is 1.38. The van der Waals surface area contributed by atoms with Crippen molar-refractivity contribution in [1.82, 2.24) is 0 Å². The molecule has 0 saturated carbocycles. The van der Waals surface area contributed by atoms with E-state index in [1.54, 1.807) is 0 Å². The van der Waals surface area contributed by atoms with E-state index in [4.69, 9.17) is 10.8 Å². The number of benzene rings is 1. The van der Waals surface area contributed by atoms with Crippen molar-refractivity contribution >= 4 is 23.5 Å². The van der Waals surface area contributed by atoms with Gasteiger partial charge in [-0.25, -0.2) is 13.6 Å². The van der Waals surface area contributed by atoms with Gasteiger partial charge in [0.25, 0.3) is 11.8 Å². The summed E-state index contributed by atoms with van der Waals surface area (Å²) in [6.45, 7) is 2.43. The number of carbonyl (C=O) groups excluding carboxylic acids is 2. The van der Waals surface area contributed by atoms with E-state index in [0.717, 1.165) is 6.07 Å². The zero-order chi connectivity index (χ0) is 16.3. The molecule has 1 rings (SSSR count). The summed E-state index contributed by atoms with van der Waals surface area (Å²) in [5, 5.41) is 10.8. The minimum absolute atomic E-state index is 0.160. The first-order valence-electron chi connectivity index (χ1n) is 5.66. The molecule has 0 aliphatic carbocycles. The predicted octanol–water partition coefficient (Wildman–Crippen LogP) is 1.42. The summed E-state index contributed by atoms with van der Waals surface area (Å²) in [6.07, 6.45) is 0. The van der Waals surface area contributed by atoms with Crippen LogP contribution >= 0.6 is 0 Å². The minimum atomic E-state index is -1.31. The number of nitrogens with two attached hydrogens (primary N) is 1. The SMILES string of the molecule is CC(C(=O)O)=C(C)C(=O)Nc1cc(C(N)=O)c(F)cc1F. The number of carboxylic acids is 1. The highest BCUT2D eigenvalue weighted by Crippen LogP contribution is 2.20. The second kappa shape index (κ2) is 6.12. The molecule has 0 bridgehead atoms. The Kier molecular flexibility index (Phi) is 4.75. The molecule has 0 spiro atoms. The Hall–Kier alpha value is -2.77. The molecule has 0 aliphatic heterocycles. The Morgan fingerprint density at radius 1 is 1.10 bits per heavy atom. The van der Waals surface area contributed by atoms with Crippen LogP contribution < -0.4 is 11.1 Å². The average molecular weight is 298 g/mol. The van der Waals surface area contributed by atoms with Gasteiger partial charge >= 0.3 is 5.97 Å². The Bertz CT molecular complexity index is 668. The van der Waals surface area contributed by atoms with Crippen LogP contribution in [0.4, 0.5) is 14.5 Å². The van der Waals surface area contributed by atoms with Crippen LogP contribution in [0.1, 0.15) is 24.2 Å². The molecule has 1 aromatic rings. The highest BCUT2D eigenvalue weighted by atomic mass is 19.1. The Morgan fingerprint density at radius 3 is 2.14 bits per heavy atom. The third kappa shape index (κ3) is 3.62. The van der Waals surface area contributed by atoms with Crippen molar-refractivity contribution in [2.45, 2.75) is 13.8 Å². The molecule has 6 nitrogen and oxygen atoms in total. The largest absolute Gasteiger partial charge is 0.478 e. The van der Waals surface area contributed by atoms with E-state index in [-0.39, 0.29) is 11.1 Å². The molecule has 21 heavy (non-hydrogen) atoms. The van der Waals surface area contributed by atoms with Crippen molar-refractivity contribution in [3.05, 3.63) is 40.5 Å². The van der Waals surface area contributed by atoms with Gasteiger partial charge in [0.1, 0.15) is 11.6 Å². The lowest BCUT2D eigenvalue weighted by molar-refractivity contribution is -0.133. The van der Waals surface area contributed by atoms with Crippen molar-refractivity contribution < 1.29 is 28.3 Å². The summed E-state index contributed by atoms with van der Waals surface area (Å²) in [5.74, 6) is -5.61.